The second-order valence-electron chi connectivity index (χ2n) is 7.28. The zero-order chi connectivity index (χ0) is 26.6. The zero-order valence-corrected chi connectivity index (χ0v) is 21.4. The molecule has 0 atom stereocenters. The van der Waals surface area contributed by atoms with Gasteiger partial charge in [-0.15, -0.1) is 0 Å². The molecule has 0 bridgehead atoms. The monoisotopic (exact) mass is 500 g/mol. The van der Waals surface area contributed by atoms with E-state index in [1.807, 2.05) is 0 Å². The Hall–Kier alpha value is -4.34. The maximum absolute atomic E-state index is 13.3. The molecule has 0 fully saturated rings. The first-order valence-electron chi connectivity index (χ1n) is 10.6. The van der Waals surface area contributed by atoms with Gasteiger partial charge >= 0.3 is 11.9 Å². The van der Waals surface area contributed by atoms with Crippen molar-refractivity contribution in [3.05, 3.63) is 35.4 Å². The highest BCUT2D eigenvalue weighted by Gasteiger charge is 2.34. The van der Waals surface area contributed by atoms with Crippen LogP contribution in [0.5, 0.6) is 34.5 Å². The maximum Gasteiger partial charge on any atom is 0.342 e. The Morgan fingerprint density at radius 3 is 1.61 bits per heavy atom. The molecule has 0 amide bonds. The van der Waals surface area contributed by atoms with Crippen molar-refractivity contribution < 1.29 is 47.5 Å². The van der Waals surface area contributed by atoms with E-state index in [1.54, 1.807) is 24.3 Å². The summed E-state index contributed by atoms with van der Waals surface area (Å²) >= 11 is 0. The fourth-order valence-electron chi connectivity index (χ4n) is 4.18. The highest BCUT2D eigenvalue weighted by Crippen LogP contribution is 2.52. The number of esters is 2. The third-order valence-corrected chi connectivity index (χ3v) is 5.71. The van der Waals surface area contributed by atoms with E-state index in [4.69, 9.17) is 37.9 Å². The van der Waals surface area contributed by atoms with E-state index in [0.717, 1.165) is 0 Å². The molecular formula is C26H28O10. The summed E-state index contributed by atoms with van der Waals surface area (Å²) in [4.78, 5) is 26.4. The van der Waals surface area contributed by atoms with Crippen LogP contribution < -0.4 is 28.4 Å². The highest BCUT2D eigenvalue weighted by atomic mass is 16.5. The summed E-state index contributed by atoms with van der Waals surface area (Å²) in [6.07, 6.45) is 0. The Balaban J connectivity index is 2.76. The lowest BCUT2D eigenvalue weighted by Crippen LogP contribution is -2.16. The molecule has 0 aromatic heterocycles. The molecule has 10 nitrogen and oxygen atoms in total. The second kappa shape index (κ2) is 10.9. The molecule has 0 spiro atoms. The van der Waals surface area contributed by atoms with Crippen molar-refractivity contribution in [2.45, 2.75) is 0 Å². The molecule has 0 unspecified atom stereocenters. The standard InChI is InChI=1S/C26H28O10/c1-29-15-10-9-13(11-16(15)30-2)18-19-14(12-17(31-3)23(33-5)24(19)34-6)22(32-4)21(26(28)36-8)20(18)25(27)35-7/h9-12H,1-8H3. The first kappa shape index (κ1) is 26.3. The predicted octanol–water partition coefficient (Wildman–Crippen LogP) is 4.13. The van der Waals surface area contributed by atoms with Crippen molar-refractivity contribution in [1.82, 2.24) is 0 Å². The van der Waals surface area contributed by atoms with Crippen LogP contribution in [0.25, 0.3) is 21.9 Å². The van der Waals surface area contributed by atoms with Crippen LogP contribution in [0.4, 0.5) is 0 Å². The van der Waals surface area contributed by atoms with Crippen molar-refractivity contribution in [3.63, 3.8) is 0 Å². The fourth-order valence-corrected chi connectivity index (χ4v) is 4.18. The van der Waals surface area contributed by atoms with Gasteiger partial charge in [-0.05, 0) is 23.8 Å². The topological polar surface area (TPSA) is 108 Å². The van der Waals surface area contributed by atoms with Gasteiger partial charge < -0.3 is 37.9 Å². The number of hydrogen-bond donors (Lipinski definition) is 0. The molecule has 10 heteroatoms. The lowest BCUT2D eigenvalue weighted by atomic mass is 9.87. The van der Waals surface area contributed by atoms with E-state index in [0.29, 0.717) is 39.1 Å². The van der Waals surface area contributed by atoms with Gasteiger partial charge in [0.2, 0.25) is 5.75 Å². The zero-order valence-electron chi connectivity index (χ0n) is 21.4. The fraction of sp³-hybridized carbons (Fsp3) is 0.308. The molecule has 0 aliphatic rings. The van der Waals surface area contributed by atoms with Gasteiger partial charge in [-0.1, -0.05) is 6.07 Å². The Kier molecular flexibility index (Phi) is 7.98. The Bertz CT molecular complexity index is 1310. The molecule has 0 saturated heterocycles. The molecular weight excluding hydrogens is 472 g/mol. The quantitative estimate of drug-likeness (QED) is 0.398. The van der Waals surface area contributed by atoms with E-state index < -0.39 is 11.9 Å². The van der Waals surface area contributed by atoms with Gasteiger partial charge in [-0.25, -0.2) is 9.59 Å². The van der Waals surface area contributed by atoms with E-state index in [1.165, 1.54) is 56.9 Å². The van der Waals surface area contributed by atoms with Crippen molar-refractivity contribution in [2.75, 3.05) is 56.9 Å². The molecule has 36 heavy (non-hydrogen) atoms. The van der Waals surface area contributed by atoms with Gasteiger partial charge in [0.05, 0.1) is 62.4 Å². The Labute approximate surface area is 208 Å². The summed E-state index contributed by atoms with van der Waals surface area (Å²) < 4.78 is 43.5. The number of hydrogen-bond acceptors (Lipinski definition) is 10. The van der Waals surface area contributed by atoms with Crippen molar-refractivity contribution in [2.24, 2.45) is 0 Å². The van der Waals surface area contributed by atoms with Crippen molar-refractivity contribution in [1.29, 1.82) is 0 Å². The number of ether oxygens (including phenoxy) is 8. The van der Waals surface area contributed by atoms with Gasteiger partial charge in [0.1, 0.15) is 11.3 Å². The minimum absolute atomic E-state index is 0.0701. The van der Waals surface area contributed by atoms with E-state index in [9.17, 15) is 9.59 Å². The molecule has 3 aromatic carbocycles. The summed E-state index contributed by atoms with van der Waals surface area (Å²) in [5.74, 6) is 0.184. The normalized spacial score (nSPS) is 10.4. The predicted molar refractivity (Wildman–Crippen MR) is 131 cm³/mol. The number of benzene rings is 3. The Morgan fingerprint density at radius 1 is 0.556 bits per heavy atom. The highest BCUT2D eigenvalue weighted by molar-refractivity contribution is 6.20. The molecule has 0 aliphatic carbocycles. The summed E-state index contributed by atoms with van der Waals surface area (Å²) in [7, 11) is 11.2. The van der Waals surface area contributed by atoms with Crippen LogP contribution in [-0.2, 0) is 9.47 Å². The van der Waals surface area contributed by atoms with E-state index in [-0.39, 0.29) is 28.4 Å². The van der Waals surface area contributed by atoms with Gasteiger partial charge in [0, 0.05) is 16.3 Å². The third-order valence-electron chi connectivity index (χ3n) is 5.71. The summed E-state index contributed by atoms with van der Waals surface area (Å²) in [6.45, 7) is 0. The summed E-state index contributed by atoms with van der Waals surface area (Å²) in [5.41, 5.74) is 0.582. The van der Waals surface area contributed by atoms with Crippen molar-refractivity contribution in [3.8, 4) is 45.6 Å². The third kappa shape index (κ3) is 4.15. The lowest BCUT2D eigenvalue weighted by molar-refractivity contribution is 0.0553. The molecule has 0 heterocycles. The van der Waals surface area contributed by atoms with Gasteiger partial charge in [0.15, 0.2) is 23.0 Å². The van der Waals surface area contributed by atoms with Crippen molar-refractivity contribution >= 4 is 22.7 Å². The number of carbonyl (C=O) groups excluding carboxylic acids is 2. The first-order valence-corrected chi connectivity index (χ1v) is 10.6. The average Bonchev–Trinajstić information content (AvgIpc) is 2.93. The van der Waals surface area contributed by atoms with Crippen LogP contribution in [0.1, 0.15) is 20.7 Å². The van der Waals surface area contributed by atoms with Crippen LogP contribution in [0.2, 0.25) is 0 Å². The minimum atomic E-state index is -0.801. The van der Waals surface area contributed by atoms with Crippen LogP contribution in [-0.4, -0.2) is 68.8 Å². The van der Waals surface area contributed by atoms with Gasteiger partial charge in [-0.2, -0.15) is 0 Å². The van der Waals surface area contributed by atoms with Crippen LogP contribution in [0.3, 0.4) is 0 Å². The first-order chi connectivity index (χ1) is 17.4. The molecule has 0 radical (unpaired) electrons. The van der Waals surface area contributed by atoms with Gasteiger partial charge in [0.25, 0.3) is 0 Å². The molecule has 3 aromatic rings. The van der Waals surface area contributed by atoms with Crippen LogP contribution in [0.15, 0.2) is 24.3 Å². The number of methoxy groups -OCH3 is 8. The van der Waals surface area contributed by atoms with Gasteiger partial charge in [-0.3, -0.25) is 0 Å². The summed E-state index contributed by atoms with van der Waals surface area (Å²) in [6, 6.07) is 6.69. The second-order valence-corrected chi connectivity index (χ2v) is 7.28. The Morgan fingerprint density at radius 2 is 1.11 bits per heavy atom. The summed E-state index contributed by atoms with van der Waals surface area (Å²) in [5, 5.41) is 0.817. The average molecular weight is 501 g/mol. The number of fused-ring (bicyclic) bond motifs is 1. The molecule has 0 aliphatic heterocycles. The maximum atomic E-state index is 13.3. The smallest absolute Gasteiger partial charge is 0.342 e. The van der Waals surface area contributed by atoms with Crippen LogP contribution in [0, 0.1) is 0 Å². The largest absolute Gasteiger partial charge is 0.495 e. The lowest BCUT2D eigenvalue weighted by Gasteiger charge is -2.23. The molecule has 0 N–H and O–H groups in total. The number of carbonyl (C=O) groups is 2. The van der Waals surface area contributed by atoms with Crippen LogP contribution >= 0.6 is 0 Å². The minimum Gasteiger partial charge on any atom is -0.495 e. The molecule has 3 rings (SSSR count). The van der Waals surface area contributed by atoms with E-state index in [2.05, 4.69) is 0 Å². The van der Waals surface area contributed by atoms with E-state index >= 15 is 0 Å². The molecule has 192 valence electrons. The molecule has 0 saturated carbocycles. The SMILES string of the molecule is COC(=O)c1c(C(=O)OC)c(-c2ccc(OC)c(OC)c2)c2c(OC)c(OC)c(OC)cc2c1OC. The number of rotatable bonds is 9.